The van der Waals surface area contributed by atoms with Crippen molar-refractivity contribution in [3.63, 3.8) is 0 Å². The summed E-state index contributed by atoms with van der Waals surface area (Å²) in [5.41, 5.74) is 6.90. The van der Waals surface area contributed by atoms with E-state index in [0.717, 1.165) is 0 Å². The van der Waals surface area contributed by atoms with Crippen molar-refractivity contribution in [2.75, 3.05) is 12.8 Å². The number of hydrogen-bond donors (Lipinski definition) is 2. The molecule has 0 unspecified atom stereocenters. The molecule has 104 valence electrons. The van der Waals surface area contributed by atoms with Crippen molar-refractivity contribution in [3.8, 4) is 0 Å². The van der Waals surface area contributed by atoms with Crippen LogP contribution in [0.25, 0.3) is 0 Å². The van der Waals surface area contributed by atoms with E-state index in [4.69, 9.17) is 5.73 Å². The zero-order chi connectivity index (χ0) is 14.7. The van der Waals surface area contributed by atoms with E-state index in [0.29, 0.717) is 21.4 Å². The highest BCUT2D eigenvalue weighted by atomic mass is 32.2. The van der Waals surface area contributed by atoms with Crippen LogP contribution in [0.5, 0.6) is 0 Å². The van der Waals surface area contributed by atoms with Crippen LogP contribution in [0.15, 0.2) is 39.1 Å². The van der Waals surface area contributed by atoms with Crippen LogP contribution in [0.2, 0.25) is 0 Å². The Bertz CT molecular complexity index is 712. The third-order valence-corrected chi connectivity index (χ3v) is 3.49. The van der Waals surface area contributed by atoms with E-state index in [1.54, 1.807) is 25.1 Å². The van der Waals surface area contributed by atoms with Crippen molar-refractivity contribution in [1.29, 1.82) is 0 Å². The monoisotopic (exact) mass is 291 g/mol. The summed E-state index contributed by atoms with van der Waals surface area (Å²) in [6, 6.07) is 6.42. The maximum absolute atomic E-state index is 11.6. The molecule has 7 heteroatoms. The topological polar surface area (TPSA) is 98.1 Å². The number of H-pyrrole nitrogens is 1. The lowest BCUT2D eigenvalue weighted by molar-refractivity contribution is 0.0601. The predicted molar refractivity (Wildman–Crippen MR) is 75.9 cm³/mol. The number of nitrogens with one attached hydrogen (secondary N) is 1. The van der Waals surface area contributed by atoms with Crippen LogP contribution in [0.4, 0.5) is 5.69 Å². The zero-order valence-corrected chi connectivity index (χ0v) is 11.8. The minimum Gasteiger partial charge on any atom is -0.465 e. The summed E-state index contributed by atoms with van der Waals surface area (Å²) < 4.78 is 4.66. The number of anilines is 1. The molecule has 2 rings (SSSR count). The maximum atomic E-state index is 11.6. The summed E-state index contributed by atoms with van der Waals surface area (Å²) in [5, 5.41) is 0.420. The number of aryl methyl sites for hydroxylation is 1. The molecule has 6 nitrogen and oxygen atoms in total. The first kappa shape index (κ1) is 14.1. The Morgan fingerprint density at radius 3 is 2.85 bits per heavy atom. The van der Waals surface area contributed by atoms with E-state index in [9.17, 15) is 9.59 Å². The van der Waals surface area contributed by atoms with Gasteiger partial charge in [-0.3, -0.25) is 4.79 Å². The summed E-state index contributed by atoms with van der Waals surface area (Å²) >= 11 is 1.19. The highest BCUT2D eigenvalue weighted by Gasteiger charge is 2.14. The van der Waals surface area contributed by atoms with Crippen LogP contribution < -0.4 is 11.3 Å². The Labute approximate surface area is 119 Å². The van der Waals surface area contributed by atoms with E-state index >= 15 is 0 Å². The van der Waals surface area contributed by atoms with Gasteiger partial charge in [-0.2, -0.15) is 0 Å². The fraction of sp³-hybridized carbons (Fsp3) is 0.154. The van der Waals surface area contributed by atoms with E-state index < -0.39 is 5.97 Å². The van der Waals surface area contributed by atoms with Crippen LogP contribution in [-0.2, 0) is 4.74 Å². The lowest BCUT2D eigenvalue weighted by Gasteiger charge is -2.08. The van der Waals surface area contributed by atoms with Crippen molar-refractivity contribution in [2.45, 2.75) is 17.0 Å². The van der Waals surface area contributed by atoms with Crippen LogP contribution in [-0.4, -0.2) is 23.0 Å². The van der Waals surface area contributed by atoms with Gasteiger partial charge in [0.05, 0.1) is 18.4 Å². The smallest absolute Gasteiger partial charge is 0.339 e. The number of carbonyl (C=O) groups is 1. The van der Waals surface area contributed by atoms with Crippen molar-refractivity contribution < 1.29 is 9.53 Å². The fourth-order valence-corrected chi connectivity index (χ4v) is 2.54. The molecular formula is C13H13N3O3S. The molecule has 20 heavy (non-hydrogen) atoms. The van der Waals surface area contributed by atoms with Crippen molar-refractivity contribution in [2.24, 2.45) is 0 Å². The minimum atomic E-state index is -0.504. The van der Waals surface area contributed by atoms with Crippen molar-refractivity contribution in [1.82, 2.24) is 9.97 Å². The number of para-hydroxylation sites is 1. The molecule has 0 amide bonds. The molecule has 3 N–H and O–H groups in total. The van der Waals surface area contributed by atoms with Crippen LogP contribution in [0, 0.1) is 6.92 Å². The summed E-state index contributed by atoms with van der Waals surface area (Å²) in [4.78, 5) is 30.4. The summed E-state index contributed by atoms with van der Waals surface area (Å²) in [5.74, 6) is -0.504. The van der Waals surface area contributed by atoms with Crippen molar-refractivity contribution in [3.05, 3.63) is 45.9 Å². The van der Waals surface area contributed by atoms with Crippen LogP contribution >= 0.6 is 11.8 Å². The number of nitrogens with two attached hydrogens (primary N) is 1. The zero-order valence-electron chi connectivity index (χ0n) is 11.0. The first-order valence-corrected chi connectivity index (χ1v) is 6.55. The van der Waals surface area contributed by atoms with Crippen LogP contribution in [0.1, 0.15) is 16.1 Å². The van der Waals surface area contributed by atoms with Gasteiger partial charge in [0.1, 0.15) is 0 Å². The van der Waals surface area contributed by atoms with Gasteiger partial charge in [0.2, 0.25) is 0 Å². The molecule has 0 aliphatic carbocycles. The lowest BCUT2D eigenvalue weighted by Crippen LogP contribution is -2.09. The van der Waals surface area contributed by atoms with Gasteiger partial charge in [-0.1, -0.05) is 6.07 Å². The molecule has 1 aromatic heterocycles. The largest absolute Gasteiger partial charge is 0.465 e. The summed E-state index contributed by atoms with van der Waals surface area (Å²) in [6.07, 6.45) is 0. The number of ether oxygens (including phenoxy) is 1. The third kappa shape index (κ3) is 3.00. The second-order valence-corrected chi connectivity index (χ2v) is 5.03. The number of esters is 1. The number of nitrogen functional groups attached to an aromatic ring is 1. The highest BCUT2D eigenvalue weighted by Crippen LogP contribution is 2.31. The molecule has 0 radical (unpaired) electrons. The first-order chi connectivity index (χ1) is 9.51. The SMILES string of the molecule is COC(=O)c1cccc(Sc2nc(C)cc(=O)[nH]2)c1N. The maximum Gasteiger partial charge on any atom is 0.339 e. The standard InChI is InChI=1S/C13H13N3O3S/c1-7-6-10(17)16-13(15-7)20-9-5-3-4-8(11(9)14)12(18)19-2/h3-6H,14H2,1-2H3,(H,15,16,17). The van der Waals surface area contributed by atoms with Gasteiger partial charge in [-0.25, -0.2) is 9.78 Å². The molecule has 0 spiro atoms. The lowest BCUT2D eigenvalue weighted by atomic mass is 10.2. The fourth-order valence-electron chi connectivity index (χ4n) is 1.63. The molecule has 0 aliphatic rings. The number of carbonyl (C=O) groups excluding carboxylic acids is 1. The molecule has 1 heterocycles. The number of aromatic nitrogens is 2. The molecule has 0 saturated heterocycles. The summed E-state index contributed by atoms with van der Waals surface area (Å²) in [6.45, 7) is 1.73. The van der Waals surface area contributed by atoms with Gasteiger partial charge >= 0.3 is 5.97 Å². The van der Waals surface area contributed by atoms with Gasteiger partial charge in [-0.05, 0) is 30.8 Å². The Kier molecular flexibility index (Phi) is 4.09. The number of methoxy groups -OCH3 is 1. The number of rotatable bonds is 3. The number of aromatic amines is 1. The average Bonchev–Trinajstić information content (AvgIpc) is 2.39. The second-order valence-electron chi connectivity index (χ2n) is 4.00. The van der Waals surface area contributed by atoms with E-state index in [1.165, 1.54) is 24.9 Å². The van der Waals surface area contributed by atoms with E-state index in [1.807, 2.05) is 0 Å². The molecule has 1 aromatic carbocycles. The van der Waals surface area contributed by atoms with Gasteiger partial charge in [0.25, 0.3) is 5.56 Å². The highest BCUT2D eigenvalue weighted by molar-refractivity contribution is 7.99. The van der Waals surface area contributed by atoms with Gasteiger partial charge in [-0.15, -0.1) is 0 Å². The van der Waals surface area contributed by atoms with Gasteiger partial charge in [0.15, 0.2) is 5.16 Å². The third-order valence-electron chi connectivity index (χ3n) is 2.53. The van der Waals surface area contributed by atoms with E-state index in [2.05, 4.69) is 14.7 Å². The van der Waals surface area contributed by atoms with Gasteiger partial charge in [0, 0.05) is 16.7 Å². The van der Waals surface area contributed by atoms with Crippen molar-refractivity contribution >= 4 is 23.4 Å². The molecule has 0 saturated carbocycles. The Morgan fingerprint density at radius 1 is 1.45 bits per heavy atom. The Hall–Kier alpha value is -2.28. The average molecular weight is 291 g/mol. The molecule has 0 atom stereocenters. The van der Waals surface area contributed by atoms with Crippen LogP contribution in [0.3, 0.4) is 0 Å². The van der Waals surface area contributed by atoms with Gasteiger partial charge < -0.3 is 15.5 Å². The second kappa shape index (κ2) is 5.79. The number of nitrogens with zero attached hydrogens (tertiary/aromatic N) is 1. The minimum absolute atomic E-state index is 0.234. The molecular weight excluding hydrogens is 278 g/mol. The molecule has 2 aromatic rings. The Balaban J connectivity index is 2.39. The number of benzene rings is 1. The molecule has 0 bridgehead atoms. The quantitative estimate of drug-likeness (QED) is 0.506. The predicted octanol–water partition coefficient (Wildman–Crippen LogP) is 1.60. The molecule has 0 fully saturated rings. The molecule has 0 aliphatic heterocycles. The van der Waals surface area contributed by atoms with E-state index in [-0.39, 0.29) is 11.1 Å². The Morgan fingerprint density at radius 2 is 2.20 bits per heavy atom. The first-order valence-electron chi connectivity index (χ1n) is 5.74. The summed E-state index contributed by atoms with van der Waals surface area (Å²) in [7, 11) is 1.29. The number of hydrogen-bond acceptors (Lipinski definition) is 6. The normalized spacial score (nSPS) is 10.3.